The monoisotopic (exact) mass is 864 g/mol. The molecule has 4 N–H and O–H groups in total. The Morgan fingerprint density at radius 1 is 0.984 bits per heavy atom. The zero-order chi connectivity index (χ0) is 43.4. The molecule has 0 saturated carbocycles. The van der Waals surface area contributed by atoms with Gasteiger partial charge in [-0.05, 0) is 49.9 Å². The normalized spacial score (nSPS) is 19.7. The molecule has 15 nitrogen and oxygen atoms in total. The van der Waals surface area contributed by atoms with E-state index in [-0.39, 0.29) is 63.4 Å². The molecule has 0 spiro atoms. The maximum absolute atomic E-state index is 15.6. The van der Waals surface area contributed by atoms with Crippen LogP contribution in [0.4, 0.5) is 14.5 Å². The number of amides is 3. The van der Waals surface area contributed by atoms with E-state index < -0.39 is 23.5 Å². The predicted octanol–water partition coefficient (Wildman–Crippen LogP) is 4.59. The largest absolute Gasteiger partial charge is 0.477 e. The zero-order valence-corrected chi connectivity index (χ0v) is 35.4. The lowest BCUT2D eigenvalue weighted by atomic mass is 9.90. The van der Waals surface area contributed by atoms with Crippen molar-refractivity contribution in [3.05, 3.63) is 76.5 Å². The number of nitrogens with one attached hydrogen (secondary N) is 3. The number of piperidine rings is 2. The fraction of sp³-hybridized carbons (Fsp3) is 0.488. The smallest absolute Gasteiger partial charge is 0.359 e. The minimum absolute atomic E-state index is 0.0171. The third-order valence-electron chi connectivity index (χ3n) is 12.6. The van der Waals surface area contributed by atoms with E-state index >= 15 is 8.78 Å². The topological polar surface area (TPSA) is 173 Å². The molecular weight excluding hydrogens is 812 g/mol. The van der Waals surface area contributed by atoms with Crippen molar-refractivity contribution in [2.45, 2.75) is 39.2 Å². The number of likely N-dealkylation sites (tertiary alicyclic amines) is 2. The number of benzene rings is 2. The number of anilines is 1. The lowest BCUT2D eigenvalue weighted by molar-refractivity contribution is -0.929. The Morgan fingerprint density at radius 3 is 2.34 bits per heavy atom. The number of halogens is 3. The molecule has 0 unspecified atom stereocenters. The summed E-state index contributed by atoms with van der Waals surface area (Å²) in [5, 5.41) is 23.1. The minimum atomic E-state index is -1.09. The average Bonchev–Trinajstić information content (AvgIpc) is 3.79. The Bertz CT molecular complexity index is 2280. The Hall–Kier alpha value is -5.23. The van der Waals surface area contributed by atoms with E-state index in [1.54, 1.807) is 35.7 Å². The van der Waals surface area contributed by atoms with E-state index in [1.807, 2.05) is 0 Å². The van der Waals surface area contributed by atoms with E-state index in [2.05, 4.69) is 26.0 Å². The summed E-state index contributed by atoms with van der Waals surface area (Å²) < 4.78 is 39.8. The van der Waals surface area contributed by atoms with Gasteiger partial charge in [0.05, 0.1) is 61.5 Å². The first-order valence-corrected chi connectivity index (χ1v) is 21.1. The van der Waals surface area contributed by atoms with Crippen LogP contribution in [0.3, 0.4) is 0 Å². The molecule has 0 radical (unpaired) electrons. The SMILES string of the molecule is COCCn1ncc(-c2ccc(-c3cnc(C(=O)Nc4ccc(C(=O)N5CCC(CNC(=O)C6CC[N+](CC(=O)O)(CC7CNC7)CC6)CC5)c(Cl)c4)n3C)c(F)c2F)c1C. The van der Waals surface area contributed by atoms with Crippen LogP contribution in [0.5, 0.6) is 0 Å². The molecular formula is C43H53ClF2N9O6+. The van der Waals surface area contributed by atoms with Gasteiger partial charge in [0.1, 0.15) is 0 Å². The van der Waals surface area contributed by atoms with Crippen LogP contribution >= 0.6 is 11.6 Å². The number of aromatic nitrogens is 4. The van der Waals surface area contributed by atoms with Gasteiger partial charge in [0.25, 0.3) is 11.8 Å². The van der Waals surface area contributed by atoms with Gasteiger partial charge in [-0.15, -0.1) is 0 Å². The predicted molar refractivity (Wildman–Crippen MR) is 224 cm³/mol. The van der Waals surface area contributed by atoms with Crippen LogP contribution in [0.25, 0.3) is 22.4 Å². The average molecular weight is 865 g/mol. The van der Waals surface area contributed by atoms with Gasteiger partial charge in [0.15, 0.2) is 24.0 Å². The Morgan fingerprint density at radius 2 is 1.69 bits per heavy atom. The summed E-state index contributed by atoms with van der Waals surface area (Å²) in [6, 6.07) is 7.51. The number of imidazole rings is 1. The van der Waals surface area contributed by atoms with Gasteiger partial charge >= 0.3 is 5.97 Å². The highest BCUT2D eigenvalue weighted by molar-refractivity contribution is 6.34. The number of methoxy groups -OCH3 is 1. The second kappa shape index (κ2) is 18.8. The first-order valence-electron chi connectivity index (χ1n) is 20.7. The van der Waals surface area contributed by atoms with Crippen molar-refractivity contribution in [1.82, 2.24) is 34.9 Å². The summed E-state index contributed by atoms with van der Waals surface area (Å²) >= 11 is 6.59. The molecule has 61 heavy (non-hydrogen) atoms. The van der Waals surface area contributed by atoms with Crippen LogP contribution in [0, 0.1) is 36.3 Å². The highest BCUT2D eigenvalue weighted by Crippen LogP contribution is 2.34. The number of quaternary nitrogens is 1. The van der Waals surface area contributed by atoms with Crippen molar-refractivity contribution in [3.8, 4) is 22.4 Å². The van der Waals surface area contributed by atoms with Crippen LogP contribution in [-0.2, 0) is 27.9 Å². The molecule has 18 heteroatoms. The first-order chi connectivity index (χ1) is 29.3. The van der Waals surface area contributed by atoms with E-state index in [0.717, 1.165) is 19.6 Å². The molecule has 4 aromatic rings. The number of hydrogen-bond donors (Lipinski definition) is 4. The lowest BCUT2D eigenvalue weighted by Gasteiger charge is -2.45. The molecule has 0 aliphatic carbocycles. The summed E-state index contributed by atoms with van der Waals surface area (Å²) in [5.74, 6) is -3.26. The molecule has 3 aliphatic heterocycles. The van der Waals surface area contributed by atoms with Crippen LogP contribution in [0.2, 0.25) is 5.02 Å². The molecule has 2 aromatic heterocycles. The van der Waals surface area contributed by atoms with E-state index in [1.165, 1.54) is 42.2 Å². The number of carboxylic acid groups (broad SMARTS) is 1. The molecule has 3 fully saturated rings. The fourth-order valence-corrected chi connectivity index (χ4v) is 9.15. The molecule has 5 heterocycles. The third-order valence-corrected chi connectivity index (χ3v) is 12.9. The third kappa shape index (κ3) is 9.64. The van der Waals surface area contributed by atoms with Crippen LogP contribution in [-0.4, -0.2) is 130 Å². The van der Waals surface area contributed by atoms with Crippen molar-refractivity contribution in [3.63, 3.8) is 0 Å². The summed E-state index contributed by atoms with van der Waals surface area (Å²) in [6.07, 6.45) is 5.55. The summed E-state index contributed by atoms with van der Waals surface area (Å²) in [6.45, 7) is 8.32. The number of carboxylic acids is 1. The van der Waals surface area contributed by atoms with Gasteiger partial charge in [-0.25, -0.2) is 18.6 Å². The van der Waals surface area contributed by atoms with E-state index in [0.29, 0.717) is 98.9 Å². The van der Waals surface area contributed by atoms with Crippen molar-refractivity contribution in [2.24, 2.45) is 24.8 Å². The number of ether oxygens (including phenoxy) is 1. The van der Waals surface area contributed by atoms with Crippen LogP contribution in [0.1, 0.15) is 52.4 Å². The molecule has 3 aliphatic rings. The number of nitrogens with zero attached hydrogens (tertiary/aromatic N) is 6. The Balaban J connectivity index is 0.897. The van der Waals surface area contributed by atoms with Gasteiger partial charge in [-0.3, -0.25) is 19.1 Å². The minimum Gasteiger partial charge on any atom is -0.477 e. The van der Waals surface area contributed by atoms with E-state index in [9.17, 15) is 24.3 Å². The van der Waals surface area contributed by atoms with E-state index in [4.69, 9.17) is 16.3 Å². The lowest BCUT2D eigenvalue weighted by Crippen LogP contribution is -2.62. The second-order valence-corrected chi connectivity index (χ2v) is 17.0. The molecule has 7 rings (SSSR count). The maximum atomic E-state index is 15.6. The Labute approximate surface area is 358 Å². The number of hydrogen-bond acceptors (Lipinski definition) is 8. The molecule has 326 valence electrons. The second-order valence-electron chi connectivity index (χ2n) is 16.6. The first kappa shape index (κ1) is 43.8. The fourth-order valence-electron chi connectivity index (χ4n) is 8.89. The Kier molecular flexibility index (Phi) is 13.5. The van der Waals surface area contributed by atoms with Crippen molar-refractivity contribution in [2.75, 3.05) is 77.9 Å². The quantitative estimate of drug-likeness (QED) is 0.125. The van der Waals surface area contributed by atoms with Gasteiger partial charge in [0.2, 0.25) is 5.91 Å². The number of aliphatic carboxylic acids is 1. The highest BCUT2D eigenvalue weighted by Gasteiger charge is 2.41. The highest BCUT2D eigenvalue weighted by atomic mass is 35.5. The van der Waals surface area contributed by atoms with Crippen molar-refractivity contribution >= 4 is 41.0 Å². The summed E-state index contributed by atoms with van der Waals surface area (Å²) in [7, 11) is 3.10. The number of rotatable bonds is 15. The van der Waals surface area contributed by atoms with Gasteiger partial charge < -0.3 is 39.7 Å². The van der Waals surface area contributed by atoms with Crippen LogP contribution < -0.4 is 16.0 Å². The summed E-state index contributed by atoms with van der Waals surface area (Å²) in [5.41, 5.74) is 1.89. The molecule has 3 saturated heterocycles. The van der Waals surface area contributed by atoms with Gasteiger partial charge in [-0.1, -0.05) is 17.7 Å². The zero-order valence-electron chi connectivity index (χ0n) is 34.7. The standard InChI is InChI=1S/C43H52ClF2N9O6/c1-26-34(22-50-54(26)14-17-61-3)31-6-7-33(39(46)38(31)45)36-23-48-40(52(36)2)42(59)51-30-4-5-32(35(44)18-30)43(60)53-12-8-27(9-13-53)21-49-41(58)29-10-15-55(16-11-29,25-37(56)57)24-28-19-47-20-28/h4-7,18,22-23,27-29,47H,8-17,19-21,24-25H2,1-3H3,(H2-,49,51,56,57,58,59,60)/p+1. The number of carbonyl (C=O) groups excluding carboxylic acids is 3. The summed E-state index contributed by atoms with van der Waals surface area (Å²) in [4.78, 5) is 57.6. The van der Waals surface area contributed by atoms with Crippen LogP contribution in [0.15, 0.2) is 42.7 Å². The van der Waals surface area contributed by atoms with Crippen molar-refractivity contribution in [1.29, 1.82) is 0 Å². The molecule has 0 bridgehead atoms. The van der Waals surface area contributed by atoms with Gasteiger partial charge in [-0.2, -0.15) is 5.10 Å². The molecule has 2 aromatic carbocycles. The maximum Gasteiger partial charge on any atom is 0.359 e. The molecule has 0 atom stereocenters. The van der Waals surface area contributed by atoms with Crippen molar-refractivity contribution < 1.29 is 42.3 Å². The molecule has 3 amide bonds. The number of carbonyl (C=O) groups is 4. The van der Waals surface area contributed by atoms with Gasteiger partial charge in [0, 0.05) is 99.6 Å².